The Bertz CT molecular complexity index is 376. The number of hydrogen-bond donors (Lipinski definition) is 1. The largest absolute Gasteiger partial charge is 0.381 e. The predicted molar refractivity (Wildman–Crippen MR) is 79.7 cm³/mol. The van der Waals surface area contributed by atoms with E-state index in [9.17, 15) is 0 Å². The monoisotopic (exact) mass is 270 g/mol. The molecule has 17 heavy (non-hydrogen) atoms. The number of anilines is 2. The molecule has 0 spiro atoms. The van der Waals surface area contributed by atoms with Gasteiger partial charge in [0.15, 0.2) is 0 Å². The summed E-state index contributed by atoms with van der Waals surface area (Å²) in [5.74, 6) is 2.52. The number of para-hydroxylation sites is 1. The lowest BCUT2D eigenvalue weighted by Crippen LogP contribution is -2.25. The Morgan fingerprint density at radius 2 is 2.00 bits per heavy atom. The van der Waals surface area contributed by atoms with Gasteiger partial charge in [0.2, 0.25) is 0 Å². The van der Waals surface area contributed by atoms with Crippen molar-refractivity contribution in [2.24, 2.45) is 0 Å². The van der Waals surface area contributed by atoms with E-state index in [1.165, 1.54) is 24.3 Å². The maximum absolute atomic E-state index is 6.26. The van der Waals surface area contributed by atoms with Crippen molar-refractivity contribution in [3.05, 3.63) is 23.2 Å². The molecule has 1 N–H and O–H groups in total. The molecule has 1 saturated heterocycles. The Balaban J connectivity index is 2.16. The first-order valence-electron chi connectivity index (χ1n) is 5.98. The summed E-state index contributed by atoms with van der Waals surface area (Å²) in [5.41, 5.74) is 2.24. The predicted octanol–water partition coefficient (Wildman–Crippen LogP) is 3.71. The average Bonchev–Trinajstić information content (AvgIpc) is 2.30. The van der Waals surface area contributed by atoms with Crippen LogP contribution in [-0.4, -0.2) is 31.6 Å². The number of nitrogens with zero attached hydrogens (tertiary/aromatic N) is 1. The van der Waals surface area contributed by atoms with E-state index in [1.54, 1.807) is 0 Å². The Labute approximate surface area is 113 Å². The first-order valence-corrected chi connectivity index (χ1v) is 7.52. The molecule has 1 aliphatic rings. The summed E-state index contributed by atoms with van der Waals surface area (Å²) in [6.45, 7) is 0. The number of halogens is 1. The molecule has 94 valence electrons. The minimum Gasteiger partial charge on any atom is -0.381 e. The molecule has 0 unspecified atom stereocenters. The van der Waals surface area contributed by atoms with Crippen molar-refractivity contribution in [2.75, 3.05) is 35.8 Å². The number of hydrogen-bond acceptors (Lipinski definition) is 3. The van der Waals surface area contributed by atoms with Gasteiger partial charge in [-0.3, -0.25) is 0 Å². The van der Waals surface area contributed by atoms with Crippen LogP contribution < -0.4 is 10.2 Å². The van der Waals surface area contributed by atoms with Crippen molar-refractivity contribution in [1.29, 1.82) is 0 Å². The molecule has 0 atom stereocenters. The SMILES string of the molecule is CN(C)c1c(Cl)cccc1NC1CCSCC1. The number of thioether (sulfide) groups is 1. The highest BCUT2D eigenvalue weighted by Gasteiger charge is 2.16. The Morgan fingerprint density at radius 1 is 1.29 bits per heavy atom. The zero-order valence-corrected chi connectivity index (χ0v) is 11.9. The summed E-state index contributed by atoms with van der Waals surface area (Å²) in [5, 5.41) is 4.44. The van der Waals surface area contributed by atoms with Crippen LogP contribution in [0.1, 0.15) is 12.8 Å². The van der Waals surface area contributed by atoms with Crippen LogP contribution in [0.2, 0.25) is 5.02 Å². The fraction of sp³-hybridized carbons (Fsp3) is 0.538. The van der Waals surface area contributed by atoms with Crippen molar-refractivity contribution in [2.45, 2.75) is 18.9 Å². The molecule has 1 heterocycles. The molecule has 0 amide bonds. The van der Waals surface area contributed by atoms with Crippen LogP contribution >= 0.6 is 23.4 Å². The number of benzene rings is 1. The third-order valence-corrected chi connectivity index (χ3v) is 4.37. The van der Waals surface area contributed by atoms with E-state index in [0.717, 1.165) is 16.4 Å². The quantitative estimate of drug-likeness (QED) is 0.901. The second-order valence-electron chi connectivity index (χ2n) is 4.56. The van der Waals surface area contributed by atoms with Gasteiger partial charge in [0.1, 0.15) is 0 Å². The molecular weight excluding hydrogens is 252 g/mol. The van der Waals surface area contributed by atoms with Crippen LogP contribution in [-0.2, 0) is 0 Å². The summed E-state index contributed by atoms with van der Waals surface area (Å²) in [7, 11) is 4.06. The summed E-state index contributed by atoms with van der Waals surface area (Å²) in [6, 6.07) is 6.66. The molecule has 1 aromatic rings. The second kappa shape index (κ2) is 5.87. The summed E-state index contributed by atoms with van der Waals surface area (Å²) in [4.78, 5) is 2.07. The summed E-state index contributed by atoms with van der Waals surface area (Å²) >= 11 is 8.30. The van der Waals surface area contributed by atoms with Crippen LogP contribution in [0.5, 0.6) is 0 Å². The zero-order chi connectivity index (χ0) is 12.3. The van der Waals surface area contributed by atoms with Crippen molar-refractivity contribution >= 4 is 34.7 Å². The molecule has 2 rings (SSSR count). The average molecular weight is 271 g/mol. The molecule has 4 heteroatoms. The molecular formula is C13H19ClN2S. The second-order valence-corrected chi connectivity index (χ2v) is 6.19. The third kappa shape index (κ3) is 3.23. The molecule has 1 aromatic carbocycles. The molecule has 0 aromatic heterocycles. The van der Waals surface area contributed by atoms with Gasteiger partial charge < -0.3 is 10.2 Å². The Morgan fingerprint density at radius 3 is 2.65 bits per heavy atom. The van der Waals surface area contributed by atoms with E-state index in [-0.39, 0.29) is 0 Å². The van der Waals surface area contributed by atoms with E-state index in [2.05, 4.69) is 16.3 Å². The van der Waals surface area contributed by atoms with Gasteiger partial charge in [-0.2, -0.15) is 11.8 Å². The highest BCUT2D eigenvalue weighted by atomic mass is 35.5. The molecule has 0 saturated carbocycles. The normalized spacial score (nSPS) is 16.9. The van der Waals surface area contributed by atoms with Crippen molar-refractivity contribution in [3.63, 3.8) is 0 Å². The molecule has 1 aliphatic heterocycles. The van der Waals surface area contributed by atoms with E-state index in [4.69, 9.17) is 11.6 Å². The summed E-state index contributed by atoms with van der Waals surface area (Å²) in [6.07, 6.45) is 2.48. The zero-order valence-electron chi connectivity index (χ0n) is 10.4. The number of rotatable bonds is 3. The highest BCUT2D eigenvalue weighted by Crippen LogP contribution is 2.34. The Kier molecular flexibility index (Phi) is 4.46. The lowest BCUT2D eigenvalue weighted by atomic mass is 10.1. The summed E-state index contributed by atoms with van der Waals surface area (Å²) < 4.78 is 0. The van der Waals surface area contributed by atoms with Crippen molar-refractivity contribution < 1.29 is 0 Å². The molecule has 1 fully saturated rings. The van der Waals surface area contributed by atoms with E-state index >= 15 is 0 Å². The minimum absolute atomic E-state index is 0.591. The first-order chi connectivity index (χ1) is 8.18. The third-order valence-electron chi connectivity index (χ3n) is 3.01. The molecule has 0 radical (unpaired) electrons. The van der Waals surface area contributed by atoms with E-state index < -0.39 is 0 Å². The van der Waals surface area contributed by atoms with Crippen molar-refractivity contribution in [3.8, 4) is 0 Å². The van der Waals surface area contributed by atoms with Crippen LogP contribution in [0, 0.1) is 0 Å². The standard InChI is InChI=1S/C13H19ClN2S/c1-16(2)13-11(14)4-3-5-12(13)15-10-6-8-17-9-7-10/h3-5,10,15H,6-9H2,1-2H3. The lowest BCUT2D eigenvalue weighted by Gasteiger charge is -2.27. The lowest BCUT2D eigenvalue weighted by molar-refractivity contribution is 0.667. The van der Waals surface area contributed by atoms with Gasteiger partial charge >= 0.3 is 0 Å². The van der Waals surface area contributed by atoms with Crippen molar-refractivity contribution in [1.82, 2.24) is 0 Å². The van der Waals surface area contributed by atoms with Gasteiger partial charge in [0.05, 0.1) is 16.4 Å². The van der Waals surface area contributed by atoms with Gasteiger partial charge in [-0.25, -0.2) is 0 Å². The van der Waals surface area contributed by atoms with Gasteiger partial charge in [0.25, 0.3) is 0 Å². The maximum atomic E-state index is 6.26. The molecule has 0 aliphatic carbocycles. The molecule has 0 bridgehead atoms. The fourth-order valence-electron chi connectivity index (χ4n) is 2.15. The van der Waals surface area contributed by atoms with Crippen LogP contribution in [0.3, 0.4) is 0 Å². The molecule has 2 nitrogen and oxygen atoms in total. The van der Waals surface area contributed by atoms with Gasteiger partial charge in [-0.15, -0.1) is 0 Å². The topological polar surface area (TPSA) is 15.3 Å². The van der Waals surface area contributed by atoms with Crippen LogP contribution in [0.25, 0.3) is 0 Å². The minimum atomic E-state index is 0.591. The van der Waals surface area contributed by atoms with Gasteiger partial charge in [-0.05, 0) is 36.5 Å². The van der Waals surface area contributed by atoms with Gasteiger partial charge in [0, 0.05) is 20.1 Å². The first kappa shape index (κ1) is 12.9. The fourth-order valence-corrected chi connectivity index (χ4v) is 3.60. The van der Waals surface area contributed by atoms with E-state index in [0.29, 0.717) is 6.04 Å². The highest BCUT2D eigenvalue weighted by molar-refractivity contribution is 7.99. The van der Waals surface area contributed by atoms with Crippen LogP contribution in [0.15, 0.2) is 18.2 Å². The van der Waals surface area contributed by atoms with E-state index in [1.807, 2.05) is 38.0 Å². The maximum Gasteiger partial charge on any atom is 0.0786 e. The van der Waals surface area contributed by atoms with Gasteiger partial charge in [-0.1, -0.05) is 17.7 Å². The Hall–Kier alpha value is -0.540. The van der Waals surface area contributed by atoms with Crippen LogP contribution in [0.4, 0.5) is 11.4 Å². The number of nitrogens with one attached hydrogen (secondary N) is 1. The smallest absolute Gasteiger partial charge is 0.0786 e.